The van der Waals surface area contributed by atoms with Crippen molar-refractivity contribution in [3.63, 3.8) is 0 Å². The number of nitrogens with zero attached hydrogens (tertiary/aromatic N) is 1. The maximum Gasteiger partial charge on any atom is 0.248 e. The Morgan fingerprint density at radius 2 is 1.75 bits per heavy atom. The van der Waals surface area contributed by atoms with Gasteiger partial charge in [-0.1, -0.05) is 59.7 Å². The highest BCUT2D eigenvalue weighted by molar-refractivity contribution is 5.94. The molecule has 1 aliphatic heterocycles. The molecule has 3 N–H and O–H groups in total. The van der Waals surface area contributed by atoms with Crippen LogP contribution in [-0.4, -0.2) is 37.5 Å². The van der Waals surface area contributed by atoms with E-state index in [0.717, 1.165) is 25.6 Å². The van der Waals surface area contributed by atoms with Crippen molar-refractivity contribution in [3.8, 4) is 0 Å². The number of likely N-dealkylation sites (tertiary alicyclic amines) is 1. The summed E-state index contributed by atoms with van der Waals surface area (Å²) in [5.74, 6) is 0.389. The number of benzene rings is 2. The van der Waals surface area contributed by atoms with Gasteiger partial charge >= 0.3 is 0 Å². The molecule has 3 rings (SSSR count). The molecule has 32 heavy (non-hydrogen) atoms. The number of hydrogen-bond acceptors (Lipinski definition) is 3. The monoisotopic (exact) mass is 433 g/mol. The predicted molar refractivity (Wildman–Crippen MR) is 137 cm³/mol. The number of primary amides is 1. The first-order valence-electron chi connectivity index (χ1n) is 11.5. The van der Waals surface area contributed by atoms with Crippen molar-refractivity contribution in [2.45, 2.75) is 40.5 Å². The standard InChI is InChI=1S/C17H29N3O.C11H10/c1-5-15(17(18)21)6-7-16(13(2)3)20-10-8-14(9-11-20)12-19-4;1-9-6-7-10-4-2-3-5-11(10)8-9/h5-7,14,19H,8-12H2,1-4H3,(H2,18,21);2-8H,1H3/b7-6-,15-5+;. The zero-order chi connectivity index (χ0) is 23.5. The molecule has 2 aromatic rings. The van der Waals surface area contributed by atoms with E-state index in [1.165, 1.54) is 40.4 Å². The first kappa shape index (κ1) is 25.4. The minimum Gasteiger partial charge on any atom is -0.372 e. The number of carbonyl (C=O) groups is 1. The number of amides is 1. The zero-order valence-electron chi connectivity index (χ0n) is 20.3. The SMILES string of the molecule is C/C=C(\C=C/C(=C(C)C)N1CCC(CNC)CC1)C(N)=O.Cc1ccc2ccccc2c1. The highest BCUT2D eigenvalue weighted by Gasteiger charge is 2.19. The quantitative estimate of drug-likeness (QED) is 0.477. The Hall–Kier alpha value is -2.85. The Balaban J connectivity index is 0.000000273. The number of aryl methyl sites for hydroxylation is 1. The van der Waals surface area contributed by atoms with E-state index < -0.39 is 0 Å². The van der Waals surface area contributed by atoms with E-state index in [1.54, 1.807) is 6.08 Å². The normalized spacial score (nSPS) is 14.9. The van der Waals surface area contributed by atoms with Gasteiger partial charge in [-0.25, -0.2) is 0 Å². The molecule has 1 heterocycles. The van der Waals surface area contributed by atoms with E-state index in [1.807, 2.05) is 26.1 Å². The molecule has 1 aliphatic rings. The van der Waals surface area contributed by atoms with E-state index in [9.17, 15) is 4.79 Å². The molecular formula is C28H39N3O. The van der Waals surface area contributed by atoms with Crippen LogP contribution in [0.1, 0.15) is 39.2 Å². The second-order valence-electron chi connectivity index (χ2n) is 8.67. The molecule has 0 saturated carbocycles. The number of nitrogens with two attached hydrogens (primary N) is 1. The van der Waals surface area contributed by atoms with Gasteiger partial charge in [0.15, 0.2) is 0 Å². The lowest BCUT2D eigenvalue weighted by atomic mass is 9.96. The third-order valence-corrected chi connectivity index (χ3v) is 5.88. The molecule has 0 unspecified atom stereocenters. The number of hydrogen-bond donors (Lipinski definition) is 2. The molecule has 0 aromatic heterocycles. The van der Waals surface area contributed by atoms with Gasteiger partial charge in [-0.15, -0.1) is 0 Å². The van der Waals surface area contributed by atoms with Crippen LogP contribution in [-0.2, 0) is 4.79 Å². The van der Waals surface area contributed by atoms with E-state index in [-0.39, 0.29) is 5.91 Å². The van der Waals surface area contributed by atoms with Crippen LogP contribution in [0.15, 0.2) is 77.5 Å². The largest absolute Gasteiger partial charge is 0.372 e. The van der Waals surface area contributed by atoms with Crippen LogP contribution in [0.3, 0.4) is 0 Å². The maximum absolute atomic E-state index is 11.3. The third kappa shape index (κ3) is 7.69. The Labute approximate surface area is 193 Å². The highest BCUT2D eigenvalue weighted by atomic mass is 16.1. The molecule has 0 bridgehead atoms. The molecule has 4 heteroatoms. The lowest BCUT2D eigenvalue weighted by Crippen LogP contribution is -2.36. The van der Waals surface area contributed by atoms with Gasteiger partial charge in [0.25, 0.3) is 0 Å². The Bertz CT molecular complexity index is 975. The van der Waals surface area contributed by atoms with Crippen molar-refractivity contribution >= 4 is 16.7 Å². The van der Waals surface area contributed by atoms with Crippen LogP contribution >= 0.6 is 0 Å². The van der Waals surface area contributed by atoms with E-state index in [2.05, 4.69) is 73.5 Å². The van der Waals surface area contributed by atoms with Crippen molar-refractivity contribution in [1.82, 2.24) is 10.2 Å². The van der Waals surface area contributed by atoms with Crippen LogP contribution in [0.4, 0.5) is 0 Å². The predicted octanol–water partition coefficient (Wildman–Crippen LogP) is 5.35. The number of fused-ring (bicyclic) bond motifs is 1. The summed E-state index contributed by atoms with van der Waals surface area (Å²) in [4.78, 5) is 13.7. The molecule has 0 atom stereocenters. The second kappa shape index (κ2) is 12.9. The number of allylic oxidation sites excluding steroid dienone is 3. The first-order valence-corrected chi connectivity index (χ1v) is 11.5. The minimum absolute atomic E-state index is 0.380. The summed E-state index contributed by atoms with van der Waals surface area (Å²) < 4.78 is 0. The summed E-state index contributed by atoms with van der Waals surface area (Å²) in [6.07, 6.45) is 8.01. The van der Waals surface area contributed by atoms with Crippen LogP contribution in [0.2, 0.25) is 0 Å². The van der Waals surface area contributed by atoms with Crippen LogP contribution < -0.4 is 11.1 Å². The van der Waals surface area contributed by atoms with E-state index in [0.29, 0.717) is 5.57 Å². The van der Waals surface area contributed by atoms with Gasteiger partial charge in [0.05, 0.1) is 0 Å². The van der Waals surface area contributed by atoms with Gasteiger partial charge in [-0.05, 0) is 83.0 Å². The average molecular weight is 434 g/mol. The minimum atomic E-state index is -0.380. The Morgan fingerprint density at radius 1 is 1.09 bits per heavy atom. The molecule has 172 valence electrons. The molecule has 1 amide bonds. The Morgan fingerprint density at radius 3 is 2.31 bits per heavy atom. The summed E-state index contributed by atoms with van der Waals surface area (Å²) in [5.41, 5.74) is 9.69. The van der Waals surface area contributed by atoms with E-state index in [4.69, 9.17) is 5.73 Å². The molecular weight excluding hydrogens is 394 g/mol. The molecule has 2 aromatic carbocycles. The van der Waals surface area contributed by atoms with Crippen LogP contribution in [0.5, 0.6) is 0 Å². The van der Waals surface area contributed by atoms with Crippen molar-refractivity contribution < 1.29 is 4.79 Å². The summed E-state index contributed by atoms with van der Waals surface area (Å²) in [6, 6.07) is 14.9. The third-order valence-electron chi connectivity index (χ3n) is 5.88. The van der Waals surface area contributed by atoms with Gasteiger partial charge in [-0.2, -0.15) is 0 Å². The van der Waals surface area contributed by atoms with Crippen LogP contribution in [0.25, 0.3) is 10.8 Å². The summed E-state index contributed by atoms with van der Waals surface area (Å²) in [6.45, 7) is 11.4. The number of rotatable bonds is 6. The van der Waals surface area contributed by atoms with Crippen molar-refractivity contribution in [1.29, 1.82) is 0 Å². The molecule has 0 spiro atoms. The molecule has 4 nitrogen and oxygen atoms in total. The van der Waals surface area contributed by atoms with Gasteiger partial charge < -0.3 is 16.0 Å². The Kier molecular flexibility index (Phi) is 10.2. The van der Waals surface area contributed by atoms with Crippen molar-refractivity contribution in [2.24, 2.45) is 11.7 Å². The van der Waals surface area contributed by atoms with Gasteiger partial charge in [0.2, 0.25) is 5.91 Å². The maximum atomic E-state index is 11.3. The fourth-order valence-electron chi connectivity index (χ4n) is 4.05. The van der Waals surface area contributed by atoms with Gasteiger partial charge in [0.1, 0.15) is 0 Å². The number of piperidine rings is 1. The smallest absolute Gasteiger partial charge is 0.248 e. The lowest BCUT2D eigenvalue weighted by molar-refractivity contribution is -0.114. The first-order chi connectivity index (χ1) is 15.3. The topological polar surface area (TPSA) is 58.4 Å². The second-order valence-corrected chi connectivity index (χ2v) is 8.67. The van der Waals surface area contributed by atoms with Gasteiger partial charge in [0, 0.05) is 24.4 Å². The lowest BCUT2D eigenvalue weighted by Gasteiger charge is -2.35. The highest BCUT2D eigenvalue weighted by Crippen LogP contribution is 2.23. The average Bonchev–Trinajstić information content (AvgIpc) is 2.77. The fourth-order valence-corrected chi connectivity index (χ4v) is 4.05. The van der Waals surface area contributed by atoms with Gasteiger partial charge in [-0.3, -0.25) is 4.79 Å². The molecule has 1 saturated heterocycles. The molecule has 0 aliphatic carbocycles. The number of carbonyl (C=O) groups excluding carboxylic acids is 1. The fraction of sp³-hybridized carbons (Fsp3) is 0.393. The summed E-state index contributed by atoms with van der Waals surface area (Å²) >= 11 is 0. The summed E-state index contributed by atoms with van der Waals surface area (Å²) in [7, 11) is 2.01. The van der Waals surface area contributed by atoms with Crippen LogP contribution in [0, 0.1) is 12.8 Å². The van der Waals surface area contributed by atoms with E-state index >= 15 is 0 Å². The molecule has 1 fully saturated rings. The molecule has 0 radical (unpaired) electrons. The summed E-state index contributed by atoms with van der Waals surface area (Å²) in [5, 5.41) is 5.91. The zero-order valence-corrected chi connectivity index (χ0v) is 20.3. The van der Waals surface area contributed by atoms with Crippen molar-refractivity contribution in [3.05, 3.63) is 83.1 Å². The number of nitrogens with one attached hydrogen (secondary N) is 1. The van der Waals surface area contributed by atoms with Crippen molar-refractivity contribution in [2.75, 3.05) is 26.7 Å².